The van der Waals surface area contributed by atoms with Gasteiger partial charge in [-0.15, -0.1) is 11.3 Å². The number of nitrogens with zero attached hydrogens (tertiary/aromatic N) is 2. The molecule has 2 rings (SSSR count). The van der Waals surface area contributed by atoms with Gasteiger partial charge in [0.1, 0.15) is 5.82 Å². The van der Waals surface area contributed by atoms with Crippen LogP contribution in [-0.4, -0.2) is 11.0 Å². The van der Waals surface area contributed by atoms with E-state index in [2.05, 4.69) is 16.4 Å². The first kappa shape index (κ1) is 9.75. The molecule has 1 aromatic rings. The molecule has 14 heavy (non-hydrogen) atoms. The topological polar surface area (TPSA) is 48.7 Å². The summed E-state index contributed by atoms with van der Waals surface area (Å²) in [6, 6.07) is 2.69. The number of hydrogen-bond donors (Lipinski definition) is 1. The Bertz CT molecular complexity index is 357. The van der Waals surface area contributed by atoms with E-state index in [1.165, 1.54) is 11.3 Å². The summed E-state index contributed by atoms with van der Waals surface area (Å²) in [6.45, 7) is 0. The summed E-state index contributed by atoms with van der Waals surface area (Å²) in [6.07, 6.45) is 2.96. The third-order valence-electron chi connectivity index (χ3n) is 2.44. The van der Waals surface area contributed by atoms with E-state index >= 15 is 0 Å². The molecule has 0 aromatic carbocycles. The molecule has 0 bridgehead atoms. The lowest BCUT2D eigenvalue weighted by atomic mass is 10.1. The van der Waals surface area contributed by atoms with Crippen molar-refractivity contribution >= 4 is 28.8 Å². The molecule has 1 aliphatic carbocycles. The maximum absolute atomic E-state index is 8.74. The SMILES string of the molecule is N#CC1CCC(Nc2csc(Cl)n2)C1. The molecule has 0 radical (unpaired) electrons. The molecule has 0 aliphatic heterocycles. The van der Waals surface area contributed by atoms with Gasteiger partial charge in [0, 0.05) is 17.3 Å². The van der Waals surface area contributed by atoms with Gasteiger partial charge in [-0.25, -0.2) is 4.98 Å². The van der Waals surface area contributed by atoms with E-state index in [-0.39, 0.29) is 5.92 Å². The Hall–Kier alpha value is -0.790. The molecule has 74 valence electrons. The summed E-state index contributed by atoms with van der Waals surface area (Å²) in [5, 5.41) is 13.9. The number of anilines is 1. The second-order valence-electron chi connectivity index (χ2n) is 3.47. The van der Waals surface area contributed by atoms with Gasteiger partial charge in [0.05, 0.1) is 6.07 Å². The maximum atomic E-state index is 8.74. The lowest BCUT2D eigenvalue weighted by Gasteiger charge is -2.09. The highest BCUT2D eigenvalue weighted by atomic mass is 35.5. The fourth-order valence-electron chi connectivity index (χ4n) is 1.76. The highest BCUT2D eigenvalue weighted by Gasteiger charge is 2.24. The third-order valence-corrected chi connectivity index (χ3v) is 3.42. The minimum Gasteiger partial charge on any atom is -0.367 e. The van der Waals surface area contributed by atoms with Crippen molar-refractivity contribution in [2.45, 2.75) is 25.3 Å². The van der Waals surface area contributed by atoms with Crippen LogP contribution in [0, 0.1) is 17.2 Å². The van der Waals surface area contributed by atoms with Crippen molar-refractivity contribution in [3.63, 3.8) is 0 Å². The van der Waals surface area contributed by atoms with Gasteiger partial charge in [0.25, 0.3) is 0 Å². The van der Waals surface area contributed by atoms with Gasteiger partial charge in [0.2, 0.25) is 0 Å². The summed E-state index contributed by atoms with van der Waals surface area (Å²) in [5.74, 6) is 1.05. The van der Waals surface area contributed by atoms with Crippen LogP contribution in [0.2, 0.25) is 4.47 Å². The van der Waals surface area contributed by atoms with Crippen molar-refractivity contribution < 1.29 is 0 Å². The predicted molar refractivity (Wildman–Crippen MR) is 57.5 cm³/mol. The van der Waals surface area contributed by atoms with Gasteiger partial charge in [-0.05, 0) is 19.3 Å². The van der Waals surface area contributed by atoms with E-state index in [4.69, 9.17) is 16.9 Å². The molecule has 3 nitrogen and oxygen atoms in total. The van der Waals surface area contributed by atoms with E-state index in [9.17, 15) is 0 Å². The molecular formula is C9H10ClN3S. The zero-order chi connectivity index (χ0) is 9.97. The second-order valence-corrected chi connectivity index (χ2v) is 4.91. The number of nitrogens with one attached hydrogen (secondary N) is 1. The van der Waals surface area contributed by atoms with Crippen molar-refractivity contribution in [3.05, 3.63) is 9.85 Å². The molecule has 1 N–H and O–H groups in total. The summed E-state index contributed by atoms with van der Waals surface area (Å²) >= 11 is 7.14. The number of hydrogen-bond acceptors (Lipinski definition) is 4. The van der Waals surface area contributed by atoms with E-state index in [0.29, 0.717) is 10.5 Å². The monoisotopic (exact) mass is 227 g/mol. The molecule has 1 heterocycles. The van der Waals surface area contributed by atoms with Crippen molar-refractivity contribution in [3.8, 4) is 6.07 Å². The van der Waals surface area contributed by atoms with Crippen LogP contribution >= 0.6 is 22.9 Å². The molecule has 0 saturated heterocycles. The number of aromatic nitrogens is 1. The van der Waals surface area contributed by atoms with Crippen LogP contribution in [0.3, 0.4) is 0 Å². The molecule has 0 spiro atoms. The van der Waals surface area contributed by atoms with Crippen molar-refractivity contribution in [1.82, 2.24) is 4.98 Å². The molecule has 2 unspecified atom stereocenters. The number of nitriles is 1. The molecule has 1 aromatic heterocycles. The molecule has 0 amide bonds. The fourth-order valence-corrected chi connectivity index (χ4v) is 2.46. The average molecular weight is 228 g/mol. The van der Waals surface area contributed by atoms with Crippen molar-refractivity contribution in [2.24, 2.45) is 5.92 Å². The van der Waals surface area contributed by atoms with Gasteiger partial charge >= 0.3 is 0 Å². The minimum atomic E-state index is 0.210. The van der Waals surface area contributed by atoms with E-state index in [0.717, 1.165) is 25.1 Å². The number of thiazole rings is 1. The summed E-state index contributed by atoms with van der Waals surface area (Å²) in [4.78, 5) is 4.11. The van der Waals surface area contributed by atoms with E-state index < -0.39 is 0 Å². The van der Waals surface area contributed by atoms with Crippen molar-refractivity contribution in [1.29, 1.82) is 5.26 Å². The highest BCUT2D eigenvalue weighted by molar-refractivity contribution is 7.14. The number of halogens is 1. The molecule has 1 fully saturated rings. The maximum Gasteiger partial charge on any atom is 0.185 e. The van der Waals surface area contributed by atoms with Gasteiger partial charge in [-0.3, -0.25) is 0 Å². The Balaban J connectivity index is 1.91. The Kier molecular flexibility index (Phi) is 2.90. The van der Waals surface area contributed by atoms with Crippen molar-refractivity contribution in [2.75, 3.05) is 5.32 Å². The van der Waals surface area contributed by atoms with Crippen LogP contribution in [0.5, 0.6) is 0 Å². The third kappa shape index (κ3) is 2.17. The highest BCUT2D eigenvalue weighted by Crippen LogP contribution is 2.28. The lowest BCUT2D eigenvalue weighted by molar-refractivity contribution is 0.683. The molecular weight excluding hydrogens is 218 g/mol. The van der Waals surface area contributed by atoms with Gasteiger partial charge in [0.15, 0.2) is 4.47 Å². The molecule has 2 atom stereocenters. The normalized spacial score (nSPS) is 26.0. The Labute approximate surface area is 91.7 Å². The first-order valence-corrected chi connectivity index (χ1v) is 5.81. The van der Waals surface area contributed by atoms with Gasteiger partial charge in [-0.1, -0.05) is 11.6 Å². The first-order valence-electron chi connectivity index (χ1n) is 4.55. The van der Waals surface area contributed by atoms with Crippen LogP contribution in [0.4, 0.5) is 5.82 Å². The van der Waals surface area contributed by atoms with Gasteiger partial charge in [-0.2, -0.15) is 5.26 Å². The van der Waals surface area contributed by atoms with Crippen LogP contribution in [0.1, 0.15) is 19.3 Å². The fraction of sp³-hybridized carbons (Fsp3) is 0.556. The first-order chi connectivity index (χ1) is 6.78. The summed E-state index contributed by atoms with van der Waals surface area (Å²) in [5.41, 5.74) is 0. The molecule has 1 saturated carbocycles. The Morgan fingerprint density at radius 3 is 3.07 bits per heavy atom. The number of rotatable bonds is 2. The lowest BCUT2D eigenvalue weighted by Crippen LogP contribution is -2.15. The Morgan fingerprint density at radius 1 is 1.64 bits per heavy atom. The average Bonchev–Trinajstić information content (AvgIpc) is 2.76. The van der Waals surface area contributed by atoms with Crippen LogP contribution in [0.15, 0.2) is 5.38 Å². The van der Waals surface area contributed by atoms with Crippen LogP contribution in [-0.2, 0) is 0 Å². The standard InChI is InChI=1S/C9H10ClN3S/c10-9-13-8(5-14-9)12-7-2-1-6(3-7)4-11/h5-7,12H,1-3H2. The zero-order valence-electron chi connectivity index (χ0n) is 7.53. The minimum absolute atomic E-state index is 0.210. The molecule has 1 aliphatic rings. The second kappa shape index (κ2) is 4.16. The summed E-state index contributed by atoms with van der Waals surface area (Å²) in [7, 11) is 0. The molecule has 5 heteroatoms. The largest absolute Gasteiger partial charge is 0.367 e. The predicted octanol–water partition coefficient (Wildman–Crippen LogP) is 2.90. The van der Waals surface area contributed by atoms with Crippen LogP contribution < -0.4 is 5.32 Å². The Morgan fingerprint density at radius 2 is 2.50 bits per heavy atom. The van der Waals surface area contributed by atoms with E-state index in [1.807, 2.05) is 5.38 Å². The van der Waals surface area contributed by atoms with E-state index in [1.54, 1.807) is 0 Å². The van der Waals surface area contributed by atoms with Crippen LogP contribution in [0.25, 0.3) is 0 Å². The summed E-state index contributed by atoms with van der Waals surface area (Å²) < 4.78 is 0.558. The zero-order valence-corrected chi connectivity index (χ0v) is 9.11. The smallest absolute Gasteiger partial charge is 0.185 e. The van der Waals surface area contributed by atoms with Gasteiger partial charge < -0.3 is 5.32 Å². The quantitative estimate of drug-likeness (QED) is 0.845.